The van der Waals surface area contributed by atoms with Crippen LogP contribution >= 0.6 is 0 Å². The van der Waals surface area contributed by atoms with Crippen LogP contribution in [0.2, 0.25) is 0 Å². The van der Waals surface area contributed by atoms with Crippen molar-refractivity contribution >= 4 is 11.0 Å². The van der Waals surface area contributed by atoms with Gasteiger partial charge in [0, 0.05) is 11.6 Å². The van der Waals surface area contributed by atoms with Gasteiger partial charge in [0.25, 0.3) is 0 Å². The van der Waals surface area contributed by atoms with Crippen LogP contribution in [0.5, 0.6) is 0 Å². The minimum atomic E-state index is -0.529. The highest BCUT2D eigenvalue weighted by molar-refractivity contribution is 5.75. The summed E-state index contributed by atoms with van der Waals surface area (Å²) < 4.78 is 5.04. The predicted octanol–water partition coefficient (Wildman–Crippen LogP) is 2.92. The van der Waals surface area contributed by atoms with Crippen molar-refractivity contribution in [3.05, 3.63) is 40.5 Å². The van der Waals surface area contributed by atoms with Crippen LogP contribution in [-0.2, 0) is 6.42 Å². The SMILES string of the molecule is CCCCCc1ccc2cnc(=O)oc2c1. The fourth-order valence-electron chi connectivity index (χ4n) is 1.75. The molecule has 3 heteroatoms. The number of fused-ring (bicyclic) bond motifs is 1. The largest absolute Gasteiger partial charge is 0.439 e. The summed E-state index contributed by atoms with van der Waals surface area (Å²) in [6.07, 6.45) is 6.22. The second-order valence-corrected chi connectivity index (χ2v) is 3.96. The minimum Gasteiger partial charge on any atom is -0.408 e. The van der Waals surface area contributed by atoms with Crippen LogP contribution in [0.15, 0.2) is 33.6 Å². The van der Waals surface area contributed by atoms with Gasteiger partial charge < -0.3 is 4.42 Å². The summed E-state index contributed by atoms with van der Waals surface area (Å²) in [7, 11) is 0. The van der Waals surface area contributed by atoms with Crippen molar-refractivity contribution in [2.75, 3.05) is 0 Å². The average Bonchev–Trinajstić information content (AvgIpc) is 2.29. The van der Waals surface area contributed by atoms with E-state index in [1.807, 2.05) is 12.1 Å². The first-order chi connectivity index (χ1) is 7.79. The van der Waals surface area contributed by atoms with Crippen LogP contribution in [0.25, 0.3) is 11.0 Å². The third-order valence-corrected chi connectivity index (χ3v) is 2.65. The third kappa shape index (κ3) is 2.48. The summed E-state index contributed by atoms with van der Waals surface area (Å²) in [4.78, 5) is 14.6. The van der Waals surface area contributed by atoms with Crippen molar-refractivity contribution in [2.24, 2.45) is 0 Å². The van der Waals surface area contributed by atoms with Gasteiger partial charge in [-0.15, -0.1) is 0 Å². The third-order valence-electron chi connectivity index (χ3n) is 2.65. The summed E-state index contributed by atoms with van der Waals surface area (Å²) in [6, 6.07) is 5.96. The lowest BCUT2D eigenvalue weighted by atomic mass is 10.1. The fourth-order valence-corrected chi connectivity index (χ4v) is 1.75. The molecule has 1 heterocycles. The average molecular weight is 217 g/mol. The number of rotatable bonds is 4. The molecule has 0 aliphatic carbocycles. The van der Waals surface area contributed by atoms with E-state index in [1.54, 1.807) is 6.20 Å². The molecule has 0 aliphatic heterocycles. The van der Waals surface area contributed by atoms with Crippen LogP contribution < -0.4 is 5.76 Å². The predicted molar refractivity (Wildman–Crippen MR) is 63.5 cm³/mol. The first kappa shape index (κ1) is 10.9. The fraction of sp³-hybridized carbons (Fsp3) is 0.385. The van der Waals surface area contributed by atoms with Crippen LogP contribution in [-0.4, -0.2) is 4.98 Å². The van der Waals surface area contributed by atoms with Gasteiger partial charge in [0.1, 0.15) is 5.58 Å². The molecule has 0 spiro atoms. The maximum absolute atomic E-state index is 11.0. The molecule has 1 aromatic carbocycles. The van der Waals surface area contributed by atoms with Gasteiger partial charge in [-0.05, 0) is 30.5 Å². The zero-order valence-electron chi connectivity index (χ0n) is 9.40. The molecule has 0 N–H and O–H groups in total. The van der Waals surface area contributed by atoms with E-state index in [0.717, 1.165) is 11.8 Å². The molecule has 0 saturated heterocycles. The molecule has 0 atom stereocenters. The molecule has 1 aromatic heterocycles. The van der Waals surface area contributed by atoms with E-state index in [9.17, 15) is 4.79 Å². The Kier molecular flexibility index (Phi) is 3.34. The topological polar surface area (TPSA) is 43.1 Å². The maximum Gasteiger partial charge on any atom is 0.439 e. The molecule has 84 valence electrons. The number of nitrogens with zero attached hydrogens (tertiary/aromatic N) is 1. The highest BCUT2D eigenvalue weighted by Gasteiger charge is 2.00. The molecular weight excluding hydrogens is 202 g/mol. The first-order valence-electron chi connectivity index (χ1n) is 5.68. The molecule has 0 aliphatic rings. The number of hydrogen-bond acceptors (Lipinski definition) is 3. The standard InChI is InChI=1S/C13H15NO2/c1-2-3-4-5-10-6-7-11-9-14-13(15)16-12(11)8-10/h6-9H,2-5H2,1H3. The van der Waals surface area contributed by atoms with Crippen molar-refractivity contribution in [3.63, 3.8) is 0 Å². The first-order valence-corrected chi connectivity index (χ1v) is 5.68. The second-order valence-electron chi connectivity index (χ2n) is 3.96. The number of unbranched alkanes of at least 4 members (excludes halogenated alkanes) is 2. The Hall–Kier alpha value is -1.64. The van der Waals surface area contributed by atoms with E-state index < -0.39 is 5.76 Å². The van der Waals surface area contributed by atoms with Gasteiger partial charge in [-0.1, -0.05) is 25.8 Å². The summed E-state index contributed by atoms with van der Waals surface area (Å²) in [6.45, 7) is 2.19. The summed E-state index contributed by atoms with van der Waals surface area (Å²) >= 11 is 0. The van der Waals surface area contributed by atoms with E-state index in [2.05, 4.69) is 18.0 Å². The zero-order chi connectivity index (χ0) is 11.4. The van der Waals surface area contributed by atoms with Gasteiger partial charge in [0.2, 0.25) is 0 Å². The monoisotopic (exact) mass is 217 g/mol. The Morgan fingerprint density at radius 2 is 2.19 bits per heavy atom. The van der Waals surface area contributed by atoms with E-state index in [4.69, 9.17) is 4.42 Å². The Balaban J connectivity index is 2.25. The molecule has 2 rings (SSSR count). The summed E-state index contributed by atoms with van der Waals surface area (Å²) in [5.41, 5.74) is 1.85. The van der Waals surface area contributed by atoms with Crippen LogP contribution in [0, 0.1) is 0 Å². The molecule has 0 radical (unpaired) electrons. The van der Waals surface area contributed by atoms with E-state index >= 15 is 0 Å². The Morgan fingerprint density at radius 3 is 3.00 bits per heavy atom. The molecule has 16 heavy (non-hydrogen) atoms. The lowest BCUT2D eigenvalue weighted by molar-refractivity contribution is 0.531. The van der Waals surface area contributed by atoms with Crippen LogP contribution in [0.4, 0.5) is 0 Å². The van der Waals surface area contributed by atoms with Crippen molar-refractivity contribution in [3.8, 4) is 0 Å². The zero-order valence-corrected chi connectivity index (χ0v) is 9.40. The molecule has 0 saturated carbocycles. The number of aromatic nitrogens is 1. The van der Waals surface area contributed by atoms with E-state index in [-0.39, 0.29) is 0 Å². The highest BCUT2D eigenvalue weighted by atomic mass is 16.4. The lowest BCUT2D eigenvalue weighted by Gasteiger charge is -2.01. The number of benzene rings is 1. The van der Waals surface area contributed by atoms with Gasteiger partial charge >= 0.3 is 5.76 Å². The molecule has 0 amide bonds. The quantitative estimate of drug-likeness (QED) is 0.739. The van der Waals surface area contributed by atoms with Gasteiger partial charge in [0.15, 0.2) is 0 Å². The van der Waals surface area contributed by atoms with Gasteiger partial charge in [-0.3, -0.25) is 0 Å². The molecule has 2 aromatic rings. The van der Waals surface area contributed by atoms with Crippen molar-refractivity contribution in [1.82, 2.24) is 4.98 Å². The smallest absolute Gasteiger partial charge is 0.408 e. The number of hydrogen-bond donors (Lipinski definition) is 0. The molecule has 0 unspecified atom stereocenters. The Bertz CT molecular complexity index is 531. The van der Waals surface area contributed by atoms with Gasteiger partial charge in [-0.25, -0.2) is 4.79 Å². The van der Waals surface area contributed by atoms with E-state index in [1.165, 1.54) is 24.8 Å². The molecule has 0 fully saturated rings. The van der Waals surface area contributed by atoms with Crippen LogP contribution in [0.3, 0.4) is 0 Å². The van der Waals surface area contributed by atoms with Crippen molar-refractivity contribution in [1.29, 1.82) is 0 Å². The van der Waals surface area contributed by atoms with Gasteiger partial charge in [-0.2, -0.15) is 4.98 Å². The molecule has 3 nitrogen and oxygen atoms in total. The summed E-state index contributed by atoms with van der Waals surface area (Å²) in [5.74, 6) is -0.529. The highest BCUT2D eigenvalue weighted by Crippen LogP contribution is 2.15. The Morgan fingerprint density at radius 1 is 1.31 bits per heavy atom. The van der Waals surface area contributed by atoms with Crippen molar-refractivity contribution in [2.45, 2.75) is 32.6 Å². The minimum absolute atomic E-state index is 0.529. The normalized spacial score (nSPS) is 10.8. The number of aryl methyl sites for hydroxylation is 1. The Labute approximate surface area is 94.1 Å². The molecular formula is C13H15NO2. The molecule has 0 bridgehead atoms. The lowest BCUT2D eigenvalue weighted by Crippen LogP contribution is -2.01. The van der Waals surface area contributed by atoms with Gasteiger partial charge in [0.05, 0.1) is 0 Å². The van der Waals surface area contributed by atoms with Crippen LogP contribution in [0.1, 0.15) is 31.7 Å². The van der Waals surface area contributed by atoms with E-state index in [0.29, 0.717) is 5.58 Å². The summed E-state index contributed by atoms with van der Waals surface area (Å²) in [5, 5.41) is 0.874. The second kappa shape index (κ2) is 4.92. The van der Waals surface area contributed by atoms with Crippen molar-refractivity contribution < 1.29 is 4.42 Å². The maximum atomic E-state index is 11.0.